The van der Waals surface area contributed by atoms with Crippen molar-refractivity contribution in [3.8, 4) is 0 Å². The van der Waals surface area contributed by atoms with Crippen molar-refractivity contribution in [3.05, 3.63) is 46.3 Å². The van der Waals surface area contributed by atoms with Gasteiger partial charge in [-0.25, -0.2) is 9.59 Å². The lowest BCUT2D eigenvalue weighted by atomic mass is 10.1. The molecule has 28 heavy (non-hydrogen) atoms. The Morgan fingerprint density at radius 2 is 1.68 bits per heavy atom. The summed E-state index contributed by atoms with van der Waals surface area (Å²) in [5, 5.41) is 5.55. The number of hydrogen-bond donors (Lipinski definition) is 2. The highest BCUT2D eigenvalue weighted by atomic mass is 19.4. The first-order chi connectivity index (χ1) is 12.8. The Hall–Kier alpha value is -3.37. The molecule has 0 saturated heterocycles. The Labute approximate surface area is 158 Å². The number of benzene rings is 1. The minimum absolute atomic E-state index is 0.0923. The van der Waals surface area contributed by atoms with E-state index in [1.165, 1.54) is 7.05 Å². The van der Waals surface area contributed by atoms with Crippen LogP contribution < -0.4 is 11.1 Å². The molecule has 1 heterocycles. The van der Waals surface area contributed by atoms with Crippen LogP contribution in [0.15, 0.2) is 18.3 Å². The maximum absolute atomic E-state index is 13.1. The summed E-state index contributed by atoms with van der Waals surface area (Å²) in [5.41, 5.74) is 5.11. The number of primary amides is 1. The van der Waals surface area contributed by atoms with Gasteiger partial charge in [0.05, 0.1) is 5.56 Å². The molecular formula is C17H18F3N5O3. The molecule has 8 nitrogen and oxygen atoms in total. The van der Waals surface area contributed by atoms with Crippen LogP contribution in [-0.2, 0) is 13.2 Å². The predicted octanol–water partition coefficient (Wildman–Crippen LogP) is 3.12. The molecular weight excluding hydrogens is 379 g/mol. The second kappa shape index (κ2) is 7.33. The number of halogens is 3. The van der Waals surface area contributed by atoms with Crippen molar-refractivity contribution in [3.63, 3.8) is 0 Å². The molecule has 0 fully saturated rings. The largest absolute Gasteiger partial charge is 0.435 e. The Balaban J connectivity index is 2.43. The van der Waals surface area contributed by atoms with E-state index in [0.717, 1.165) is 16.4 Å². The van der Waals surface area contributed by atoms with Crippen LogP contribution in [0.5, 0.6) is 0 Å². The minimum Gasteiger partial charge on any atom is -0.351 e. The number of imide groups is 3. The molecule has 0 aliphatic rings. The highest BCUT2D eigenvalue weighted by Gasteiger charge is 2.42. The van der Waals surface area contributed by atoms with Gasteiger partial charge in [-0.05, 0) is 31.9 Å². The van der Waals surface area contributed by atoms with Crippen LogP contribution in [-0.4, -0.2) is 32.6 Å². The second-order valence-electron chi connectivity index (χ2n) is 6.25. The molecule has 0 aliphatic carbocycles. The summed E-state index contributed by atoms with van der Waals surface area (Å²) in [7, 11) is 1.17. The summed E-state index contributed by atoms with van der Waals surface area (Å²) in [6.45, 7) is 5.22. The van der Waals surface area contributed by atoms with Gasteiger partial charge in [-0.3, -0.25) is 9.48 Å². The van der Waals surface area contributed by atoms with Crippen molar-refractivity contribution < 1.29 is 27.6 Å². The molecule has 1 aromatic heterocycles. The number of alkyl halides is 3. The number of aromatic nitrogens is 2. The molecule has 3 N–H and O–H groups in total. The van der Waals surface area contributed by atoms with Gasteiger partial charge in [0, 0.05) is 18.9 Å². The fourth-order valence-electron chi connectivity index (χ4n) is 2.81. The van der Waals surface area contributed by atoms with Crippen molar-refractivity contribution >= 4 is 23.7 Å². The predicted molar refractivity (Wildman–Crippen MR) is 93.6 cm³/mol. The summed E-state index contributed by atoms with van der Waals surface area (Å²) in [6, 6.07) is 0.704. The van der Waals surface area contributed by atoms with Crippen molar-refractivity contribution in [2.24, 2.45) is 12.8 Å². The van der Waals surface area contributed by atoms with Gasteiger partial charge in [-0.15, -0.1) is 0 Å². The number of urea groups is 2. The first-order valence-corrected chi connectivity index (χ1v) is 7.96. The van der Waals surface area contributed by atoms with Crippen molar-refractivity contribution in [2.75, 3.05) is 5.32 Å². The van der Waals surface area contributed by atoms with E-state index >= 15 is 0 Å². The average molecular weight is 397 g/mol. The Bertz CT molecular complexity index is 942. The van der Waals surface area contributed by atoms with Crippen LogP contribution in [0, 0.1) is 20.8 Å². The third kappa shape index (κ3) is 4.13. The van der Waals surface area contributed by atoms with E-state index in [0.29, 0.717) is 16.8 Å². The molecule has 2 aromatic rings. The van der Waals surface area contributed by atoms with Gasteiger partial charge in [-0.2, -0.15) is 23.2 Å². The highest BCUT2D eigenvalue weighted by molar-refractivity contribution is 6.18. The maximum Gasteiger partial charge on any atom is 0.435 e. The SMILES string of the molecule is Cc1cc(C)c(NC(=O)N(C(N)=O)C(=O)c2cn(C)nc2C(F)(F)F)c(C)c1. The minimum atomic E-state index is -4.96. The Morgan fingerprint density at radius 3 is 2.14 bits per heavy atom. The summed E-state index contributed by atoms with van der Waals surface area (Å²) in [5.74, 6) is -1.53. The number of amides is 5. The number of nitrogens with two attached hydrogens (primary N) is 1. The standard InChI is InChI=1S/C17H18F3N5O3/c1-8-5-9(2)12(10(3)6-8)22-16(28)25(15(21)27)14(26)11-7-24(4)23-13(11)17(18,19)20/h5-7H,1-4H3,(H2,21,27)(H,22,28). The van der Waals surface area contributed by atoms with E-state index in [4.69, 9.17) is 5.73 Å². The quantitative estimate of drug-likeness (QED) is 0.811. The fraction of sp³-hybridized carbons (Fsp3) is 0.294. The first-order valence-electron chi connectivity index (χ1n) is 7.96. The van der Waals surface area contributed by atoms with Crippen molar-refractivity contribution in [1.29, 1.82) is 0 Å². The van der Waals surface area contributed by atoms with Crippen LogP contribution in [0.4, 0.5) is 28.4 Å². The van der Waals surface area contributed by atoms with Gasteiger partial charge in [0.15, 0.2) is 5.69 Å². The zero-order chi connectivity index (χ0) is 21.4. The normalized spacial score (nSPS) is 11.2. The topological polar surface area (TPSA) is 110 Å². The molecule has 0 atom stereocenters. The molecule has 0 aliphatic heterocycles. The number of nitrogens with zero attached hydrogens (tertiary/aromatic N) is 3. The number of aryl methyl sites for hydroxylation is 4. The molecule has 150 valence electrons. The van der Waals surface area contributed by atoms with Crippen LogP contribution in [0.25, 0.3) is 0 Å². The van der Waals surface area contributed by atoms with Gasteiger partial charge in [0.1, 0.15) is 0 Å². The molecule has 11 heteroatoms. The van der Waals surface area contributed by atoms with E-state index in [-0.39, 0.29) is 4.90 Å². The van der Waals surface area contributed by atoms with E-state index in [1.54, 1.807) is 26.0 Å². The lowest BCUT2D eigenvalue weighted by molar-refractivity contribution is -0.141. The van der Waals surface area contributed by atoms with Crippen molar-refractivity contribution in [1.82, 2.24) is 14.7 Å². The molecule has 0 saturated carbocycles. The molecule has 0 unspecified atom stereocenters. The zero-order valence-electron chi connectivity index (χ0n) is 15.5. The average Bonchev–Trinajstić information content (AvgIpc) is 2.92. The lowest BCUT2D eigenvalue weighted by Gasteiger charge is -2.19. The van der Waals surface area contributed by atoms with E-state index in [2.05, 4.69) is 10.4 Å². The van der Waals surface area contributed by atoms with E-state index in [1.807, 2.05) is 6.92 Å². The number of carbonyl (C=O) groups excluding carboxylic acids is 3. The first kappa shape index (κ1) is 20.9. The second-order valence-corrected chi connectivity index (χ2v) is 6.25. The summed E-state index contributed by atoms with van der Waals surface area (Å²) in [4.78, 5) is 36.6. The van der Waals surface area contributed by atoms with Crippen LogP contribution >= 0.6 is 0 Å². The Kier molecular flexibility index (Phi) is 5.48. The van der Waals surface area contributed by atoms with Crippen LogP contribution in [0.2, 0.25) is 0 Å². The van der Waals surface area contributed by atoms with Gasteiger partial charge in [-0.1, -0.05) is 17.7 Å². The number of anilines is 1. The van der Waals surface area contributed by atoms with E-state index < -0.39 is 35.4 Å². The molecule has 1 aromatic carbocycles. The Morgan fingerprint density at radius 1 is 1.14 bits per heavy atom. The highest BCUT2D eigenvalue weighted by Crippen LogP contribution is 2.31. The molecule has 2 rings (SSSR count). The maximum atomic E-state index is 13.1. The molecule has 0 radical (unpaired) electrons. The molecule has 0 bridgehead atoms. The van der Waals surface area contributed by atoms with Gasteiger partial charge in [0.2, 0.25) is 0 Å². The number of hydrogen-bond acceptors (Lipinski definition) is 4. The summed E-state index contributed by atoms with van der Waals surface area (Å²) >= 11 is 0. The smallest absolute Gasteiger partial charge is 0.351 e. The van der Waals surface area contributed by atoms with Gasteiger partial charge >= 0.3 is 18.2 Å². The van der Waals surface area contributed by atoms with Crippen molar-refractivity contribution in [2.45, 2.75) is 26.9 Å². The third-order valence-corrected chi connectivity index (χ3v) is 3.86. The van der Waals surface area contributed by atoms with Gasteiger partial charge < -0.3 is 11.1 Å². The monoisotopic (exact) mass is 397 g/mol. The van der Waals surface area contributed by atoms with Crippen LogP contribution in [0.1, 0.15) is 32.7 Å². The number of carbonyl (C=O) groups is 3. The number of nitrogens with one attached hydrogen (secondary N) is 1. The van der Waals surface area contributed by atoms with Gasteiger partial charge in [0.25, 0.3) is 5.91 Å². The number of rotatable bonds is 2. The lowest BCUT2D eigenvalue weighted by Crippen LogP contribution is -2.47. The summed E-state index contributed by atoms with van der Waals surface area (Å²) < 4.78 is 40.1. The van der Waals surface area contributed by atoms with E-state index in [9.17, 15) is 27.6 Å². The third-order valence-electron chi connectivity index (χ3n) is 3.86. The molecule has 5 amide bonds. The fourth-order valence-corrected chi connectivity index (χ4v) is 2.81. The summed E-state index contributed by atoms with van der Waals surface area (Å²) in [6.07, 6.45) is -4.20. The zero-order valence-corrected chi connectivity index (χ0v) is 15.5. The van der Waals surface area contributed by atoms with Crippen LogP contribution in [0.3, 0.4) is 0 Å². The molecule has 0 spiro atoms.